The van der Waals surface area contributed by atoms with Crippen molar-refractivity contribution >= 4 is 39.2 Å². The zero-order valence-electron chi connectivity index (χ0n) is 23.0. The molecule has 0 fully saturated rings. The molecule has 196 valence electrons. The van der Waals surface area contributed by atoms with Crippen molar-refractivity contribution < 1.29 is 4.79 Å². The molecule has 1 heterocycles. The minimum atomic E-state index is 0.0289. The topological polar surface area (TPSA) is 29.4 Å². The van der Waals surface area contributed by atoms with Crippen LogP contribution in [0.4, 0.5) is 5.69 Å². The van der Waals surface area contributed by atoms with Gasteiger partial charge in [0.1, 0.15) is 6.29 Å². The van der Waals surface area contributed by atoms with Crippen molar-refractivity contribution in [2.45, 2.75) is 31.6 Å². The quantitative estimate of drug-likeness (QED) is 0.162. The second-order valence-electron chi connectivity index (χ2n) is 11.2. The molecule has 2 aliphatic rings. The van der Waals surface area contributed by atoms with Gasteiger partial charge in [-0.15, -0.1) is 0 Å². The number of aldehydes is 1. The molecule has 0 radical (unpaired) electrons. The van der Waals surface area contributed by atoms with E-state index in [0.29, 0.717) is 6.42 Å². The highest BCUT2D eigenvalue weighted by atomic mass is 16.1. The maximum absolute atomic E-state index is 12.0. The predicted octanol–water partition coefficient (Wildman–Crippen LogP) is 9.99. The van der Waals surface area contributed by atoms with Gasteiger partial charge < -0.3 is 4.79 Å². The Morgan fingerprint density at radius 3 is 1.90 bits per heavy atom. The first-order chi connectivity index (χ1) is 20.3. The van der Waals surface area contributed by atoms with E-state index in [0.717, 1.165) is 18.4 Å². The van der Waals surface area contributed by atoms with Crippen LogP contribution in [0.1, 0.15) is 53.9 Å². The van der Waals surface area contributed by atoms with Crippen molar-refractivity contribution in [1.82, 2.24) is 0 Å². The molecule has 1 aliphatic heterocycles. The standard InChI is InChI=1S/C39H29NO/c1-2-34-38-32-20-19-25(23-33(32)26(21-22-41)27-17-10-18-35(40-34)39(27)38)37-30-15-8-6-13-28(30)36(24-11-4-3-5-12-24)29-14-7-9-16-31(29)37/h3-20,22-23,26,38H,2,21H2,1H3. The van der Waals surface area contributed by atoms with Gasteiger partial charge in [0.25, 0.3) is 0 Å². The van der Waals surface area contributed by atoms with E-state index in [1.165, 1.54) is 71.8 Å². The number of carbonyl (C=O) groups is 1. The Morgan fingerprint density at radius 2 is 1.27 bits per heavy atom. The molecule has 0 amide bonds. The van der Waals surface area contributed by atoms with Crippen LogP contribution in [0, 0.1) is 0 Å². The van der Waals surface area contributed by atoms with Gasteiger partial charge in [0, 0.05) is 18.1 Å². The molecule has 0 spiro atoms. The molecule has 41 heavy (non-hydrogen) atoms. The Balaban J connectivity index is 1.42. The van der Waals surface area contributed by atoms with Crippen LogP contribution in [-0.2, 0) is 4.79 Å². The molecule has 1 aliphatic carbocycles. The summed E-state index contributed by atoms with van der Waals surface area (Å²) in [6.45, 7) is 2.20. The Morgan fingerprint density at radius 1 is 0.634 bits per heavy atom. The van der Waals surface area contributed by atoms with Gasteiger partial charge in [-0.25, -0.2) is 0 Å². The second-order valence-corrected chi connectivity index (χ2v) is 11.2. The summed E-state index contributed by atoms with van der Waals surface area (Å²) in [5.74, 6) is 0.202. The van der Waals surface area contributed by atoms with Gasteiger partial charge in [0.05, 0.1) is 11.6 Å². The first kappa shape index (κ1) is 24.0. The molecular weight excluding hydrogens is 498 g/mol. The summed E-state index contributed by atoms with van der Waals surface area (Å²) in [6.07, 6.45) is 2.46. The summed E-state index contributed by atoms with van der Waals surface area (Å²) in [7, 11) is 0. The molecule has 2 heteroatoms. The average molecular weight is 528 g/mol. The Hall–Kier alpha value is -4.82. The van der Waals surface area contributed by atoms with E-state index >= 15 is 0 Å². The molecule has 2 unspecified atom stereocenters. The van der Waals surface area contributed by atoms with Gasteiger partial charge in [-0.1, -0.05) is 116 Å². The van der Waals surface area contributed by atoms with E-state index in [1.54, 1.807) is 0 Å². The van der Waals surface area contributed by atoms with Crippen LogP contribution in [-0.4, -0.2) is 12.0 Å². The highest BCUT2D eigenvalue weighted by Crippen LogP contribution is 2.53. The monoisotopic (exact) mass is 527 g/mol. The summed E-state index contributed by atoms with van der Waals surface area (Å²) >= 11 is 0. The van der Waals surface area contributed by atoms with Crippen molar-refractivity contribution in [2.24, 2.45) is 4.99 Å². The predicted molar refractivity (Wildman–Crippen MR) is 171 cm³/mol. The van der Waals surface area contributed by atoms with E-state index in [2.05, 4.69) is 122 Å². The lowest BCUT2D eigenvalue weighted by molar-refractivity contribution is -0.108. The van der Waals surface area contributed by atoms with Crippen LogP contribution in [0.5, 0.6) is 0 Å². The summed E-state index contributed by atoms with van der Waals surface area (Å²) in [4.78, 5) is 17.1. The Labute approximate surface area is 240 Å². The summed E-state index contributed by atoms with van der Waals surface area (Å²) < 4.78 is 0. The molecule has 6 aromatic rings. The van der Waals surface area contributed by atoms with Gasteiger partial charge in [-0.05, 0) is 78.5 Å². The number of hydrogen-bond acceptors (Lipinski definition) is 2. The lowest BCUT2D eigenvalue weighted by atomic mass is 9.69. The largest absolute Gasteiger partial charge is 0.303 e. The molecule has 0 N–H and O–H groups in total. The van der Waals surface area contributed by atoms with Gasteiger partial charge in [-0.2, -0.15) is 0 Å². The molecule has 2 atom stereocenters. The molecule has 8 rings (SSSR count). The molecule has 0 bridgehead atoms. The van der Waals surface area contributed by atoms with Crippen LogP contribution >= 0.6 is 0 Å². The van der Waals surface area contributed by atoms with Crippen molar-refractivity contribution in [1.29, 1.82) is 0 Å². The third-order valence-electron chi connectivity index (χ3n) is 9.13. The third-order valence-corrected chi connectivity index (χ3v) is 9.13. The highest BCUT2D eigenvalue weighted by Gasteiger charge is 2.39. The molecule has 0 saturated carbocycles. The summed E-state index contributed by atoms with van der Waals surface area (Å²) in [5.41, 5.74) is 12.3. The fourth-order valence-electron chi connectivity index (χ4n) is 7.46. The first-order valence-electron chi connectivity index (χ1n) is 14.6. The van der Waals surface area contributed by atoms with E-state index in [-0.39, 0.29) is 11.8 Å². The zero-order chi connectivity index (χ0) is 27.5. The van der Waals surface area contributed by atoms with Crippen molar-refractivity contribution in [2.75, 3.05) is 0 Å². The Kier molecular flexibility index (Phi) is 5.50. The lowest BCUT2D eigenvalue weighted by Crippen LogP contribution is -2.21. The maximum Gasteiger partial charge on any atom is 0.120 e. The number of benzene rings is 6. The molecule has 6 aromatic carbocycles. The normalized spacial score (nSPS) is 16.9. The minimum Gasteiger partial charge on any atom is -0.303 e. The van der Waals surface area contributed by atoms with E-state index in [9.17, 15) is 4.79 Å². The smallest absolute Gasteiger partial charge is 0.120 e. The lowest BCUT2D eigenvalue weighted by Gasteiger charge is -2.32. The van der Waals surface area contributed by atoms with Crippen LogP contribution in [0.15, 0.2) is 120 Å². The van der Waals surface area contributed by atoms with Crippen LogP contribution in [0.25, 0.3) is 43.8 Å². The van der Waals surface area contributed by atoms with E-state index < -0.39 is 0 Å². The number of rotatable bonds is 5. The Bertz CT molecular complexity index is 1980. The third kappa shape index (κ3) is 3.50. The van der Waals surface area contributed by atoms with Gasteiger partial charge in [-0.3, -0.25) is 4.99 Å². The molecular formula is C39H29NO. The fourth-order valence-corrected chi connectivity index (χ4v) is 7.46. The van der Waals surface area contributed by atoms with E-state index in [4.69, 9.17) is 4.99 Å². The van der Waals surface area contributed by atoms with Gasteiger partial charge in [0.15, 0.2) is 0 Å². The van der Waals surface area contributed by atoms with Gasteiger partial charge in [0.2, 0.25) is 0 Å². The van der Waals surface area contributed by atoms with Crippen molar-refractivity contribution in [3.05, 3.63) is 138 Å². The number of carbonyl (C=O) groups excluding carboxylic acids is 1. The highest BCUT2D eigenvalue weighted by molar-refractivity contribution is 6.21. The fraction of sp³-hybridized carbons (Fsp3) is 0.128. The number of nitrogens with zero attached hydrogens (tertiary/aromatic N) is 1. The second kappa shape index (κ2) is 9.38. The SMILES string of the molecule is CCC1=Nc2cccc3c2C1c1ccc(-c2c4ccccc4c(-c4ccccc4)c4ccccc24)cc1C3CC=O. The van der Waals surface area contributed by atoms with Crippen LogP contribution < -0.4 is 0 Å². The summed E-state index contributed by atoms with van der Waals surface area (Å²) in [5, 5.41) is 4.99. The molecule has 0 saturated heterocycles. The van der Waals surface area contributed by atoms with Crippen LogP contribution in [0.3, 0.4) is 0 Å². The van der Waals surface area contributed by atoms with Crippen LogP contribution in [0.2, 0.25) is 0 Å². The minimum absolute atomic E-state index is 0.0289. The van der Waals surface area contributed by atoms with Gasteiger partial charge >= 0.3 is 0 Å². The molecule has 0 aromatic heterocycles. The van der Waals surface area contributed by atoms with E-state index in [1.807, 2.05) is 0 Å². The number of fused-ring (bicyclic) bond motifs is 4. The first-order valence-corrected chi connectivity index (χ1v) is 14.6. The number of aliphatic imine (C=N–C) groups is 1. The van der Waals surface area contributed by atoms with Crippen molar-refractivity contribution in [3.8, 4) is 22.3 Å². The maximum atomic E-state index is 12.0. The molecule has 2 nitrogen and oxygen atoms in total. The zero-order valence-corrected chi connectivity index (χ0v) is 23.0. The number of hydrogen-bond donors (Lipinski definition) is 0. The average Bonchev–Trinajstić information content (AvgIpc) is 3.41. The van der Waals surface area contributed by atoms with Crippen molar-refractivity contribution in [3.63, 3.8) is 0 Å². The summed E-state index contributed by atoms with van der Waals surface area (Å²) in [6, 6.07) is 41.7.